The van der Waals surface area contributed by atoms with Crippen molar-refractivity contribution in [3.05, 3.63) is 70.0 Å². The first kappa shape index (κ1) is 12.6. The van der Waals surface area contributed by atoms with E-state index in [2.05, 4.69) is 0 Å². The van der Waals surface area contributed by atoms with Gasteiger partial charge in [-0.1, -0.05) is 23.7 Å². The van der Waals surface area contributed by atoms with E-state index in [9.17, 15) is 18.0 Å². The van der Waals surface area contributed by atoms with E-state index >= 15 is 0 Å². The van der Waals surface area contributed by atoms with Gasteiger partial charge in [-0.25, -0.2) is 13.2 Å². The summed E-state index contributed by atoms with van der Waals surface area (Å²) < 4.78 is 40.3. The number of halogens is 4. The molecule has 0 radical (unpaired) electrons. The molecule has 0 N–H and O–H groups in total. The predicted molar refractivity (Wildman–Crippen MR) is 61.2 cm³/mol. The van der Waals surface area contributed by atoms with Gasteiger partial charge >= 0.3 is 0 Å². The average Bonchev–Trinajstić information content (AvgIpc) is 2.28. The monoisotopic (exact) mass is 270 g/mol. The molecule has 1 nitrogen and oxygen atoms in total. The van der Waals surface area contributed by atoms with Crippen LogP contribution in [0.15, 0.2) is 36.4 Å². The van der Waals surface area contributed by atoms with Crippen LogP contribution in [0, 0.1) is 17.5 Å². The summed E-state index contributed by atoms with van der Waals surface area (Å²) in [7, 11) is 0. The Hall–Kier alpha value is -1.81. The van der Waals surface area contributed by atoms with Gasteiger partial charge in [0.25, 0.3) is 0 Å². The van der Waals surface area contributed by atoms with Crippen LogP contribution in [0.1, 0.15) is 15.9 Å². The summed E-state index contributed by atoms with van der Waals surface area (Å²) in [4.78, 5) is 11.9. The first-order chi connectivity index (χ1) is 8.52. The number of benzene rings is 2. The highest BCUT2D eigenvalue weighted by atomic mass is 35.5. The Morgan fingerprint density at radius 1 is 0.833 bits per heavy atom. The normalized spacial score (nSPS) is 10.4. The number of rotatable bonds is 2. The van der Waals surface area contributed by atoms with Gasteiger partial charge in [-0.15, -0.1) is 0 Å². The summed E-state index contributed by atoms with van der Waals surface area (Å²) in [5.41, 5.74) is -1.35. The summed E-state index contributed by atoms with van der Waals surface area (Å²) in [6, 6.07) is 6.53. The lowest BCUT2D eigenvalue weighted by molar-refractivity contribution is 0.102. The molecular weight excluding hydrogens is 265 g/mol. The molecule has 0 aliphatic carbocycles. The van der Waals surface area contributed by atoms with Crippen molar-refractivity contribution in [2.45, 2.75) is 0 Å². The minimum Gasteiger partial charge on any atom is -0.288 e. The molecule has 0 saturated heterocycles. The maximum Gasteiger partial charge on any atom is 0.203 e. The Bertz CT molecular complexity index is 532. The van der Waals surface area contributed by atoms with Gasteiger partial charge in [0.1, 0.15) is 17.5 Å². The van der Waals surface area contributed by atoms with Crippen LogP contribution in [-0.2, 0) is 0 Å². The van der Waals surface area contributed by atoms with Crippen molar-refractivity contribution in [1.82, 2.24) is 0 Å². The average molecular weight is 271 g/mol. The van der Waals surface area contributed by atoms with Gasteiger partial charge in [0.05, 0.1) is 16.1 Å². The van der Waals surface area contributed by atoms with Crippen LogP contribution < -0.4 is 0 Å². The second-order valence-corrected chi connectivity index (χ2v) is 3.93. The topological polar surface area (TPSA) is 17.1 Å². The second-order valence-electron chi connectivity index (χ2n) is 3.52. The molecule has 0 aliphatic heterocycles. The molecule has 0 aliphatic rings. The van der Waals surface area contributed by atoms with Crippen LogP contribution in [0.3, 0.4) is 0 Å². The smallest absolute Gasteiger partial charge is 0.203 e. The fourth-order valence-electron chi connectivity index (χ4n) is 1.55. The lowest BCUT2D eigenvalue weighted by Crippen LogP contribution is -2.10. The van der Waals surface area contributed by atoms with E-state index in [0.717, 1.165) is 24.3 Å². The van der Waals surface area contributed by atoms with E-state index < -0.39 is 34.4 Å². The molecule has 18 heavy (non-hydrogen) atoms. The number of carbonyl (C=O) groups excluding carboxylic acids is 1. The van der Waals surface area contributed by atoms with Crippen molar-refractivity contribution in [2.24, 2.45) is 0 Å². The molecule has 92 valence electrons. The summed E-state index contributed by atoms with van der Waals surface area (Å²) in [6.45, 7) is 0. The molecule has 0 saturated carbocycles. The van der Waals surface area contributed by atoms with E-state index in [1.807, 2.05) is 0 Å². The molecule has 0 fully saturated rings. The van der Waals surface area contributed by atoms with E-state index in [4.69, 9.17) is 11.6 Å². The van der Waals surface area contributed by atoms with E-state index in [-0.39, 0.29) is 5.02 Å². The summed E-state index contributed by atoms with van der Waals surface area (Å²) in [5, 5.41) is -0.192. The SMILES string of the molecule is O=C(c1c(F)cccc1F)c1c(F)cccc1Cl. The maximum atomic E-state index is 13.5. The van der Waals surface area contributed by atoms with Crippen molar-refractivity contribution in [1.29, 1.82) is 0 Å². The third-order valence-corrected chi connectivity index (χ3v) is 2.69. The first-order valence-corrected chi connectivity index (χ1v) is 5.33. The number of hydrogen-bond acceptors (Lipinski definition) is 1. The Labute approximate surface area is 106 Å². The quantitative estimate of drug-likeness (QED) is 0.754. The molecule has 0 aromatic heterocycles. The highest BCUT2D eigenvalue weighted by molar-refractivity contribution is 6.35. The highest BCUT2D eigenvalue weighted by Crippen LogP contribution is 2.24. The summed E-state index contributed by atoms with van der Waals surface area (Å²) >= 11 is 5.67. The Balaban J connectivity index is 2.63. The molecule has 0 spiro atoms. The van der Waals surface area contributed by atoms with Crippen LogP contribution in [-0.4, -0.2) is 5.78 Å². The fraction of sp³-hybridized carbons (Fsp3) is 0. The third-order valence-electron chi connectivity index (χ3n) is 2.38. The van der Waals surface area contributed by atoms with Gasteiger partial charge in [-0.2, -0.15) is 0 Å². The van der Waals surface area contributed by atoms with Gasteiger partial charge in [0.15, 0.2) is 0 Å². The molecule has 0 bridgehead atoms. The van der Waals surface area contributed by atoms with Crippen LogP contribution in [0.2, 0.25) is 5.02 Å². The van der Waals surface area contributed by atoms with Gasteiger partial charge in [-0.05, 0) is 24.3 Å². The molecule has 5 heteroatoms. The number of ketones is 1. The molecule has 2 aromatic rings. The minimum absolute atomic E-state index is 0.192. The van der Waals surface area contributed by atoms with Gasteiger partial charge in [0, 0.05) is 0 Å². The zero-order chi connectivity index (χ0) is 13.3. The standard InChI is InChI=1S/C13H6ClF3O/c14-7-3-1-4-8(15)11(7)13(18)12-9(16)5-2-6-10(12)17/h1-6H. The number of carbonyl (C=O) groups is 1. The maximum absolute atomic E-state index is 13.5. The first-order valence-electron chi connectivity index (χ1n) is 4.95. The highest BCUT2D eigenvalue weighted by Gasteiger charge is 2.23. The number of hydrogen-bond donors (Lipinski definition) is 0. The van der Waals surface area contributed by atoms with Crippen LogP contribution >= 0.6 is 11.6 Å². The van der Waals surface area contributed by atoms with Crippen LogP contribution in [0.4, 0.5) is 13.2 Å². The molecule has 2 aromatic carbocycles. The van der Waals surface area contributed by atoms with Crippen molar-refractivity contribution in [3.8, 4) is 0 Å². The molecule has 2 rings (SSSR count). The Morgan fingerprint density at radius 2 is 1.28 bits per heavy atom. The van der Waals surface area contributed by atoms with Crippen molar-refractivity contribution in [3.63, 3.8) is 0 Å². The van der Waals surface area contributed by atoms with Gasteiger partial charge in [-0.3, -0.25) is 4.79 Å². The fourth-order valence-corrected chi connectivity index (χ4v) is 1.80. The Kier molecular flexibility index (Phi) is 3.39. The zero-order valence-electron chi connectivity index (χ0n) is 8.88. The largest absolute Gasteiger partial charge is 0.288 e. The van der Waals surface area contributed by atoms with Crippen molar-refractivity contribution < 1.29 is 18.0 Å². The van der Waals surface area contributed by atoms with E-state index in [1.54, 1.807) is 0 Å². The molecular formula is C13H6ClF3O. The van der Waals surface area contributed by atoms with E-state index in [1.165, 1.54) is 12.1 Å². The molecule has 0 heterocycles. The Morgan fingerprint density at radius 3 is 1.78 bits per heavy atom. The van der Waals surface area contributed by atoms with E-state index in [0.29, 0.717) is 0 Å². The van der Waals surface area contributed by atoms with Gasteiger partial charge < -0.3 is 0 Å². The summed E-state index contributed by atoms with van der Waals surface area (Å²) in [5.74, 6) is -4.15. The van der Waals surface area contributed by atoms with Crippen molar-refractivity contribution in [2.75, 3.05) is 0 Å². The lowest BCUT2D eigenvalue weighted by atomic mass is 10.0. The lowest BCUT2D eigenvalue weighted by Gasteiger charge is -2.06. The van der Waals surface area contributed by atoms with Crippen LogP contribution in [0.25, 0.3) is 0 Å². The summed E-state index contributed by atoms with van der Waals surface area (Å²) in [6.07, 6.45) is 0. The van der Waals surface area contributed by atoms with Crippen molar-refractivity contribution >= 4 is 17.4 Å². The third kappa shape index (κ3) is 2.11. The predicted octanol–water partition coefficient (Wildman–Crippen LogP) is 3.99. The second kappa shape index (κ2) is 4.82. The molecule has 0 amide bonds. The minimum atomic E-state index is -1.12. The molecule has 0 atom stereocenters. The molecule has 0 unspecified atom stereocenters. The van der Waals surface area contributed by atoms with Gasteiger partial charge in [0.2, 0.25) is 5.78 Å². The van der Waals surface area contributed by atoms with Crippen LogP contribution in [0.5, 0.6) is 0 Å². The zero-order valence-corrected chi connectivity index (χ0v) is 9.64.